The molecular formula is C26H25N3O. The fraction of sp³-hybridized carbons (Fsp3) is 0.154. The van der Waals surface area contributed by atoms with E-state index >= 15 is 0 Å². The molecule has 1 aliphatic heterocycles. The van der Waals surface area contributed by atoms with Gasteiger partial charge in [0.2, 0.25) is 5.91 Å². The second-order valence-electron chi connectivity index (χ2n) is 7.82. The smallest absolute Gasteiger partial charge is 0.231 e. The van der Waals surface area contributed by atoms with Crippen molar-refractivity contribution in [3.8, 4) is 11.1 Å². The predicted octanol–water partition coefficient (Wildman–Crippen LogP) is 4.92. The van der Waals surface area contributed by atoms with Crippen LogP contribution in [0.2, 0.25) is 0 Å². The Kier molecular flexibility index (Phi) is 5.23. The molecule has 1 unspecified atom stereocenters. The van der Waals surface area contributed by atoms with E-state index in [1.54, 1.807) is 7.05 Å². The molecule has 0 fully saturated rings. The van der Waals surface area contributed by atoms with E-state index in [0.29, 0.717) is 6.42 Å². The molecular weight excluding hydrogens is 370 g/mol. The third-order valence-corrected chi connectivity index (χ3v) is 5.57. The van der Waals surface area contributed by atoms with E-state index in [1.807, 2.05) is 43.3 Å². The lowest BCUT2D eigenvalue weighted by molar-refractivity contribution is -0.128. The van der Waals surface area contributed by atoms with E-state index in [9.17, 15) is 4.79 Å². The van der Waals surface area contributed by atoms with Gasteiger partial charge in [-0.2, -0.15) is 0 Å². The van der Waals surface area contributed by atoms with Gasteiger partial charge >= 0.3 is 0 Å². The lowest BCUT2D eigenvalue weighted by Gasteiger charge is -2.33. The Bertz CT molecular complexity index is 1120. The molecule has 0 spiro atoms. The average Bonchev–Trinajstić information content (AvgIpc) is 2.77. The summed E-state index contributed by atoms with van der Waals surface area (Å²) in [7, 11) is 1.66. The van der Waals surface area contributed by atoms with Crippen LogP contribution < -0.4 is 5.73 Å². The van der Waals surface area contributed by atoms with E-state index in [-0.39, 0.29) is 11.9 Å². The van der Waals surface area contributed by atoms with E-state index < -0.39 is 5.54 Å². The molecule has 1 aliphatic rings. The van der Waals surface area contributed by atoms with Crippen LogP contribution in [0.3, 0.4) is 0 Å². The number of aliphatic imine (C=N–C) groups is 1. The summed E-state index contributed by atoms with van der Waals surface area (Å²) < 4.78 is 0. The van der Waals surface area contributed by atoms with Gasteiger partial charge in [-0.25, -0.2) is 4.99 Å². The maximum Gasteiger partial charge on any atom is 0.231 e. The van der Waals surface area contributed by atoms with Crippen LogP contribution in [0.15, 0.2) is 83.9 Å². The molecule has 150 valence electrons. The van der Waals surface area contributed by atoms with Crippen LogP contribution in [0.4, 0.5) is 0 Å². The summed E-state index contributed by atoms with van der Waals surface area (Å²) in [6.07, 6.45) is 4.47. The predicted molar refractivity (Wildman–Crippen MR) is 124 cm³/mol. The lowest BCUT2D eigenvalue weighted by atomic mass is 9.86. The summed E-state index contributed by atoms with van der Waals surface area (Å²) in [6.45, 7) is 1.95. The molecule has 0 radical (unpaired) electrons. The van der Waals surface area contributed by atoms with Crippen LogP contribution in [-0.4, -0.2) is 23.8 Å². The molecule has 1 atom stereocenters. The number of carbonyl (C=O) groups excluding carboxylic acids is 1. The van der Waals surface area contributed by atoms with Gasteiger partial charge in [0.25, 0.3) is 0 Å². The molecule has 3 aromatic rings. The van der Waals surface area contributed by atoms with Crippen LogP contribution in [0.5, 0.6) is 0 Å². The minimum atomic E-state index is -0.644. The Morgan fingerprint density at radius 1 is 0.900 bits per heavy atom. The minimum Gasteiger partial charge on any atom is -0.369 e. The molecule has 1 heterocycles. The number of guanidine groups is 1. The van der Waals surface area contributed by atoms with E-state index in [1.165, 1.54) is 16.0 Å². The zero-order valence-corrected chi connectivity index (χ0v) is 17.2. The van der Waals surface area contributed by atoms with E-state index in [2.05, 4.69) is 59.6 Å². The van der Waals surface area contributed by atoms with E-state index in [4.69, 9.17) is 5.73 Å². The molecule has 4 heteroatoms. The van der Waals surface area contributed by atoms with Gasteiger partial charge in [-0.05, 0) is 40.8 Å². The molecule has 0 saturated carbocycles. The molecule has 0 saturated heterocycles. The lowest BCUT2D eigenvalue weighted by Crippen LogP contribution is -2.47. The first-order chi connectivity index (χ1) is 14.4. The summed E-state index contributed by atoms with van der Waals surface area (Å²) in [4.78, 5) is 18.3. The third-order valence-electron chi connectivity index (χ3n) is 5.57. The second kappa shape index (κ2) is 7.99. The highest BCUT2D eigenvalue weighted by atomic mass is 16.2. The fourth-order valence-corrected chi connectivity index (χ4v) is 3.66. The topological polar surface area (TPSA) is 58.7 Å². The highest BCUT2D eigenvalue weighted by Gasteiger charge is 2.36. The Balaban J connectivity index is 1.55. The highest BCUT2D eigenvalue weighted by molar-refractivity contribution is 5.98. The standard InChI is InChI=1S/C26H25N3O/c1-26(18-24(30)29(2)25(27)28-26)23-10-6-7-20(17-23)12-11-19-13-15-22(16-14-19)21-8-4-3-5-9-21/h3-17H,18H2,1-2H3,(H2,27,28)/b12-11+. The quantitative estimate of drug-likeness (QED) is 0.638. The molecule has 0 aromatic heterocycles. The number of nitrogens with zero attached hydrogens (tertiary/aromatic N) is 2. The number of hydrogen-bond acceptors (Lipinski definition) is 3. The van der Waals surface area contributed by atoms with Gasteiger partial charge in [-0.3, -0.25) is 9.69 Å². The van der Waals surface area contributed by atoms with Crippen molar-refractivity contribution in [2.45, 2.75) is 18.9 Å². The first-order valence-corrected chi connectivity index (χ1v) is 10.0. The summed E-state index contributed by atoms with van der Waals surface area (Å²) in [5, 5.41) is 0. The second-order valence-corrected chi connectivity index (χ2v) is 7.82. The Morgan fingerprint density at radius 2 is 1.57 bits per heavy atom. The summed E-state index contributed by atoms with van der Waals surface area (Å²) in [6, 6.07) is 27.0. The number of nitrogens with two attached hydrogens (primary N) is 1. The molecule has 0 bridgehead atoms. The van der Waals surface area contributed by atoms with Gasteiger partial charge in [0.1, 0.15) is 0 Å². The van der Waals surface area contributed by atoms with Crippen molar-refractivity contribution in [1.82, 2.24) is 4.90 Å². The number of amides is 1. The largest absolute Gasteiger partial charge is 0.369 e. The van der Waals surface area contributed by atoms with Crippen molar-refractivity contribution in [3.05, 3.63) is 95.6 Å². The first kappa shape index (κ1) is 19.6. The number of rotatable bonds is 4. The molecule has 30 heavy (non-hydrogen) atoms. The van der Waals surface area contributed by atoms with Crippen LogP contribution in [0.1, 0.15) is 30.0 Å². The third kappa shape index (κ3) is 4.03. The molecule has 3 aromatic carbocycles. The Hall–Kier alpha value is -3.66. The zero-order chi connectivity index (χ0) is 21.1. The average molecular weight is 396 g/mol. The van der Waals surface area contributed by atoms with Gasteiger partial charge in [0.15, 0.2) is 5.96 Å². The van der Waals surface area contributed by atoms with Gasteiger partial charge in [-0.15, -0.1) is 0 Å². The van der Waals surface area contributed by atoms with Crippen molar-refractivity contribution in [1.29, 1.82) is 0 Å². The molecule has 1 amide bonds. The Morgan fingerprint density at radius 3 is 2.27 bits per heavy atom. The van der Waals surface area contributed by atoms with Crippen LogP contribution in [0.25, 0.3) is 23.3 Å². The van der Waals surface area contributed by atoms with Gasteiger partial charge < -0.3 is 5.73 Å². The van der Waals surface area contributed by atoms with Crippen molar-refractivity contribution in [2.24, 2.45) is 10.7 Å². The van der Waals surface area contributed by atoms with Crippen molar-refractivity contribution in [2.75, 3.05) is 7.05 Å². The van der Waals surface area contributed by atoms with Crippen molar-refractivity contribution >= 4 is 24.0 Å². The van der Waals surface area contributed by atoms with Crippen LogP contribution in [-0.2, 0) is 10.3 Å². The molecule has 0 aliphatic carbocycles. The number of hydrogen-bond donors (Lipinski definition) is 1. The molecule has 4 rings (SSSR count). The zero-order valence-electron chi connectivity index (χ0n) is 17.2. The van der Waals surface area contributed by atoms with Gasteiger partial charge in [0, 0.05) is 7.05 Å². The van der Waals surface area contributed by atoms with Gasteiger partial charge in [0.05, 0.1) is 12.0 Å². The minimum absolute atomic E-state index is 0.0237. The van der Waals surface area contributed by atoms with Crippen LogP contribution in [0, 0.1) is 0 Å². The molecule has 4 nitrogen and oxygen atoms in total. The van der Waals surface area contributed by atoms with E-state index in [0.717, 1.165) is 16.7 Å². The number of carbonyl (C=O) groups is 1. The number of benzene rings is 3. The van der Waals surface area contributed by atoms with Gasteiger partial charge in [-0.1, -0.05) is 84.9 Å². The maximum absolute atomic E-state index is 12.3. The summed E-state index contributed by atoms with van der Waals surface area (Å²) in [5.41, 5.74) is 10.9. The Labute approximate surface area is 177 Å². The normalized spacial score (nSPS) is 19.2. The SMILES string of the molecule is CN1C(=O)CC(C)(c2cccc(/C=C/c3ccc(-c4ccccc4)cc3)c2)N=C1N. The highest BCUT2D eigenvalue weighted by Crippen LogP contribution is 2.33. The summed E-state index contributed by atoms with van der Waals surface area (Å²) in [5.74, 6) is 0.234. The maximum atomic E-state index is 12.3. The fourth-order valence-electron chi connectivity index (χ4n) is 3.66. The summed E-state index contributed by atoms with van der Waals surface area (Å²) >= 11 is 0. The molecule has 2 N–H and O–H groups in total. The van der Waals surface area contributed by atoms with Crippen LogP contribution >= 0.6 is 0 Å². The van der Waals surface area contributed by atoms with Crippen molar-refractivity contribution in [3.63, 3.8) is 0 Å². The van der Waals surface area contributed by atoms with Crippen molar-refractivity contribution < 1.29 is 4.79 Å². The monoisotopic (exact) mass is 395 g/mol. The first-order valence-electron chi connectivity index (χ1n) is 10.0.